The van der Waals surface area contributed by atoms with E-state index in [9.17, 15) is 0 Å². The van der Waals surface area contributed by atoms with Crippen molar-refractivity contribution in [2.45, 2.75) is 33.2 Å². The Kier molecular flexibility index (Phi) is 3.77. The van der Waals surface area contributed by atoms with E-state index in [1.165, 1.54) is 0 Å². The predicted molar refractivity (Wildman–Crippen MR) is 34.3 cm³/mol. The fraction of sp³-hybridized carbons (Fsp3) is 1.00. The minimum atomic E-state index is -0.162. The molecule has 1 atom stereocenters. The highest BCUT2D eigenvalue weighted by Gasteiger charge is 2.09. The molecule has 0 saturated heterocycles. The molecule has 0 bridgehead atoms. The van der Waals surface area contributed by atoms with Crippen LogP contribution in [0.3, 0.4) is 0 Å². The zero-order valence-corrected chi connectivity index (χ0v) is 6.20. The lowest BCUT2D eigenvalue weighted by Gasteiger charge is -2.16. The molecule has 0 aliphatic rings. The first kappa shape index (κ1) is 8.88. The summed E-state index contributed by atoms with van der Waals surface area (Å²) in [5.41, 5.74) is 0. The Bertz CT molecular complexity index is 73.5. The van der Waals surface area contributed by atoms with Crippen LogP contribution in [0.25, 0.3) is 0 Å². The van der Waals surface area contributed by atoms with Gasteiger partial charge in [0.15, 0.2) is 0 Å². The van der Waals surface area contributed by atoms with Crippen molar-refractivity contribution in [2.24, 2.45) is 5.92 Å². The number of hydroxylamine groups is 2. The van der Waals surface area contributed by atoms with Crippen LogP contribution in [0.1, 0.15) is 27.2 Å². The largest absolute Gasteiger partial charge is 0.289 e. The van der Waals surface area contributed by atoms with Gasteiger partial charge in [-0.15, -0.1) is 0 Å². The number of nitrogens with zero attached hydrogens (tertiary/aromatic N) is 1. The molecule has 9 heavy (non-hydrogen) atoms. The van der Waals surface area contributed by atoms with Crippen molar-refractivity contribution in [1.29, 1.82) is 0 Å². The predicted octanol–water partition coefficient (Wildman–Crippen LogP) is 1.50. The van der Waals surface area contributed by atoms with Gasteiger partial charge in [0.1, 0.15) is 0 Å². The van der Waals surface area contributed by atoms with Crippen molar-refractivity contribution in [1.82, 2.24) is 5.23 Å². The number of hydrogen-bond acceptors (Lipinski definition) is 3. The van der Waals surface area contributed by atoms with Crippen molar-refractivity contribution < 1.29 is 10.4 Å². The number of rotatable bonds is 3. The Morgan fingerprint density at radius 1 is 1.22 bits per heavy atom. The molecular formula is C6H15NO2. The highest BCUT2D eigenvalue weighted by Crippen LogP contribution is 2.06. The lowest BCUT2D eigenvalue weighted by atomic mass is 10.1. The number of hydrogen-bond donors (Lipinski definition) is 2. The maximum Gasteiger partial charge on any atom is 0.0598 e. The normalized spacial score (nSPS) is 15.0. The zero-order chi connectivity index (χ0) is 7.44. The Morgan fingerprint density at radius 3 is 1.78 bits per heavy atom. The SMILES string of the molecule is CC(C)C[C@H](C)N(O)O. The quantitative estimate of drug-likeness (QED) is 0.573. The third-order valence-electron chi connectivity index (χ3n) is 1.21. The summed E-state index contributed by atoms with van der Waals surface area (Å²) in [7, 11) is 0. The summed E-state index contributed by atoms with van der Waals surface area (Å²) in [6.07, 6.45) is 0.799. The van der Waals surface area contributed by atoms with Gasteiger partial charge < -0.3 is 0 Å². The van der Waals surface area contributed by atoms with E-state index in [1.807, 2.05) is 13.8 Å². The van der Waals surface area contributed by atoms with Crippen LogP contribution >= 0.6 is 0 Å². The summed E-state index contributed by atoms with van der Waals surface area (Å²) >= 11 is 0. The van der Waals surface area contributed by atoms with Crippen LogP contribution in [-0.2, 0) is 0 Å². The molecule has 0 aromatic carbocycles. The Balaban J connectivity index is 3.38. The van der Waals surface area contributed by atoms with Crippen LogP contribution < -0.4 is 0 Å². The van der Waals surface area contributed by atoms with Crippen LogP contribution in [0.15, 0.2) is 0 Å². The smallest absolute Gasteiger partial charge is 0.0598 e. The molecule has 0 rings (SSSR count). The fourth-order valence-corrected chi connectivity index (χ4v) is 0.777. The summed E-state index contributed by atoms with van der Waals surface area (Å²) in [5.74, 6) is 0.502. The van der Waals surface area contributed by atoms with Gasteiger partial charge in [-0.05, 0) is 19.3 Å². The first-order valence-electron chi connectivity index (χ1n) is 3.21. The van der Waals surface area contributed by atoms with Crippen LogP contribution in [-0.4, -0.2) is 21.7 Å². The molecule has 0 aromatic rings. The molecule has 0 amide bonds. The third kappa shape index (κ3) is 4.39. The van der Waals surface area contributed by atoms with E-state index < -0.39 is 0 Å². The highest BCUT2D eigenvalue weighted by atomic mass is 16.8. The van der Waals surface area contributed by atoms with E-state index in [0.29, 0.717) is 5.92 Å². The fourth-order valence-electron chi connectivity index (χ4n) is 0.777. The maximum atomic E-state index is 8.46. The van der Waals surface area contributed by atoms with Gasteiger partial charge in [-0.2, -0.15) is 0 Å². The average molecular weight is 133 g/mol. The molecular weight excluding hydrogens is 118 g/mol. The van der Waals surface area contributed by atoms with Crippen molar-refractivity contribution in [3.63, 3.8) is 0 Å². The van der Waals surface area contributed by atoms with Gasteiger partial charge in [0.2, 0.25) is 0 Å². The second-order valence-electron chi connectivity index (χ2n) is 2.80. The minimum absolute atomic E-state index is 0.162. The molecule has 0 aromatic heterocycles. The van der Waals surface area contributed by atoms with E-state index >= 15 is 0 Å². The lowest BCUT2D eigenvalue weighted by Crippen LogP contribution is -2.27. The molecule has 0 fully saturated rings. The minimum Gasteiger partial charge on any atom is -0.289 e. The van der Waals surface area contributed by atoms with Gasteiger partial charge in [0.05, 0.1) is 6.04 Å². The van der Waals surface area contributed by atoms with Gasteiger partial charge in [0, 0.05) is 0 Å². The third-order valence-corrected chi connectivity index (χ3v) is 1.21. The molecule has 2 N–H and O–H groups in total. The summed E-state index contributed by atoms with van der Waals surface area (Å²) in [4.78, 5) is 0. The zero-order valence-electron chi connectivity index (χ0n) is 6.20. The molecule has 3 nitrogen and oxygen atoms in total. The second-order valence-corrected chi connectivity index (χ2v) is 2.80. The lowest BCUT2D eigenvalue weighted by molar-refractivity contribution is -0.330. The summed E-state index contributed by atoms with van der Waals surface area (Å²) in [6, 6.07) is -0.162. The molecule has 56 valence electrons. The summed E-state index contributed by atoms with van der Waals surface area (Å²) < 4.78 is 0. The van der Waals surface area contributed by atoms with Crippen molar-refractivity contribution in [3.05, 3.63) is 0 Å². The van der Waals surface area contributed by atoms with E-state index in [4.69, 9.17) is 10.4 Å². The molecule has 0 heterocycles. The molecule has 0 unspecified atom stereocenters. The standard InChI is InChI=1S/C6H15NO2/c1-5(2)4-6(3)7(8)9/h5-6,8-9H,4H2,1-3H3/t6-/m0/s1. The Morgan fingerprint density at radius 2 is 1.67 bits per heavy atom. The molecule has 0 spiro atoms. The highest BCUT2D eigenvalue weighted by molar-refractivity contribution is 4.55. The summed E-state index contributed by atoms with van der Waals surface area (Å²) in [5, 5.41) is 17.2. The molecule has 3 heteroatoms. The summed E-state index contributed by atoms with van der Waals surface area (Å²) in [6.45, 7) is 5.85. The molecule has 0 aliphatic heterocycles. The maximum absolute atomic E-state index is 8.46. The van der Waals surface area contributed by atoms with Crippen LogP contribution in [0, 0.1) is 5.92 Å². The molecule has 0 radical (unpaired) electrons. The van der Waals surface area contributed by atoms with Gasteiger partial charge in [-0.3, -0.25) is 10.4 Å². The van der Waals surface area contributed by atoms with E-state index in [0.717, 1.165) is 6.42 Å². The first-order valence-corrected chi connectivity index (χ1v) is 3.21. The monoisotopic (exact) mass is 133 g/mol. The average Bonchev–Trinajstić information content (AvgIpc) is 1.63. The molecule has 0 saturated carbocycles. The van der Waals surface area contributed by atoms with Gasteiger partial charge in [-0.25, -0.2) is 0 Å². The van der Waals surface area contributed by atoms with Crippen molar-refractivity contribution in [2.75, 3.05) is 0 Å². The van der Waals surface area contributed by atoms with Crippen molar-refractivity contribution in [3.8, 4) is 0 Å². The van der Waals surface area contributed by atoms with Crippen LogP contribution in [0.5, 0.6) is 0 Å². The molecule has 0 aliphatic carbocycles. The topological polar surface area (TPSA) is 43.7 Å². The first-order chi connectivity index (χ1) is 4.04. The Hall–Kier alpha value is -0.120. The van der Waals surface area contributed by atoms with Gasteiger partial charge in [-0.1, -0.05) is 19.1 Å². The second kappa shape index (κ2) is 3.82. The van der Waals surface area contributed by atoms with E-state index in [-0.39, 0.29) is 11.3 Å². The Labute approximate surface area is 55.8 Å². The van der Waals surface area contributed by atoms with Gasteiger partial charge in [0.25, 0.3) is 0 Å². The van der Waals surface area contributed by atoms with Gasteiger partial charge >= 0.3 is 0 Å². The van der Waals surface area contributed by atoms with Crippen molar-refractivity contribution >= 4 is 0 Å². The van der Waals surface area contributed by atoms with Crippen LogP contribution in [0.4, 0.5) is 0 Å². The van der Waals surface area contributed by atoms with E-state index in [2.05, 4.69) is 0 Å². The van der Waals surface area contributed by atoms with Crippen LogP contribution in [0.2, 0.25) is 0 Å². The van der Waals surface area contributed by atoms with E-state index in [1.54, 1.807) is 6.92 Å².